The van der Waals surface area contributed by atoms with Crippen molar-refractivity contribution < 1.29 is 4.79 Å². The highest BCUT2D eigenvalue weighted by Gasteiger charge is 2.02. The van der Waals surface area contributed by atoms with Gasteiger partial charge in [-0.1, -0.05) is 42.0 Å². The van der Waals surface area contributed by atoms with Crippen LogP contribution < -0.4 is 10.6 Å². The number of aryl methyl sites for hydroxylation is 2. The van der Waals surface area contributed by atoms with Gasteiger partial charge in [-0.3, -0.25) is 4.79 Å². The molecule has 0 saturated carbocycles. The van der Waals surface area contributed by atoms with Gasteiger partial charge in [0.1, 0.15) is 0 Å². The molecule has 20 heavy (non-hydrogen) atoms. The summed E-state index contributed by atoms with van der Waals surface area (Å²) in [6, 6.07) is 16.0. The van der Waals surface area contributed by atoms with Crippen LogP contribution in [-0.4, -0.2) is 12.5 Å². The maximum atomic E-state index is 11.8. The first-order valence-electron chi connectivity index (χ1n) is 6.77. The molecule has 0 atom stereocenters. The van der Waals surface area contributed by atoms with Crippen molar-refractivity contribution in [3.8, 4) is 0 Å². The fraction of sp³-hybridized carbons (Fsp3) is 0.235. The van der Waals surface area contributed by atoms with Crippen molar-refractivity contribution in [2.75, 3.05) is 11.9 Å². The van der Waals surface area contributed by atoms with Crippen LogP contribution in [0.25, 0.3) is 0 Å². The van der Waals surface area contributed by atoms with E-state index in [1.807, 2.05) is 43.3 Å². The van der Waals surface area contributed by atoms with Crippen LogP contribution in [0.4, 0.5) is 5.69 Å². The van der Waals surface area contributed by atoms with Crippen LogP contribution >= 0.6 is 0 Å². The number of benzene rings is 2. The van der Waals surface area contributed by atoms with Crippen molar-refractivity contribution >= 4 is 11.6 Å². The number of anilines is 1. The van der Waals surface area contributed by atoms with Crippen molar-refractivity contribution in [2.45, 2.75) is 20.4 Å². The molecule has 0 unspecified atom stereocenters. The number of hydrogen-bond acceptors (Lipinski definition) is 2. The van der Waals surface area contributed by atoms with Crippen molar-refractivity contribution in [3.05, 3.63) is 65.2 Å². The van der Waals surface area contributed by atoms with Crippen LogP contribution in [0.3, 0.4) is 0 Å². The highest BCUT2D eigenvalue weighted by molar-refractivity contribution is 5.92. The highest BCUT2D eigenvalue weighted by Crippen LogP contribution is 2.08. The van der Waals surface area contributed by atoms with Gasteiger partial charge in [-0.25, -0.2) is 0 Å². The summed E-state index contributed by atoms with van der Waals surface area (Å²) in [6.45, 7) is 5.11. The zero-order chi connectivity index (χ0) is 14.4. The van der Waals surface area contributed by atoms with Crippen LogP contribution in [0.15, 0.2) is 48.5 Å². The minimum absolute atomic E-state index is 0.0255. The Morgan fingerprint density at radius 1 is 1.00 bits per heavy atom. The van der Waals surface area contributed by atoms with Gasteiger partial charge in [-0.15, -0.1) is 0 Å². The van der Waals surface area contributed by atoms with Gasteiger partial charge in [0.15, 0.2) is 0 Å². The number of carbonyl (C=O) groups is 1. The maximum absolute atomic E-state index is 11.8. The fourth-order valence-corrected chi connectivity index (χ4v) is 1.96. The Morgan fingerprint density at radius 3 is 2.40 bits per heavy atom. The Bertz CT molecular complexity index is 576. The summed E-state index contributed by atoms with van der Waals surface area (Å²) in [4.78, 5) is 11.8. The van der Waals surface area contributed by atoms with E-state index in [-0.39, 0.29) is 5.91 Å². The first kappa shape index (κ1) is 14.3. The second-order valence-corrected chi connectivity index (χ2v) is 4.94. The SMILES string of the molecule is Cc1ccc(NC(=O)CNCc2ccccc2C)cc1. The number of rotatable bonds is 5. The molecule has 0 saturated heterocycles. The maximum Gasteiger partial charge on any atom is 0.238 e. The van der Waals surface area contributed by atoms with Crippen LogP contribution in [0.5, 0.6) is 0 Å². The average Bonchev–Trinajstić information content (AvgIpc) is 2.43. The van der Waals surface area contributed by atoms with Crippen molar-refractivity contribution in [1.29, 1.82) is 0 Å². The van der Waals surface area contributed by atoms with E-state index in [1.165, 1.54) is 16.7 Å². The molecule has 2 N–H and O–H groups in total. The molecule has 104 valence electrons. The minimum Gasteiger partial charge on any atom is -0.325 e. The molecule has 2 aromatic rings. The summed E-state index contributed by atoms with van der Waals surface area (Å²) < 4.78 is 0. The lowest BCUT2D eigenvalue weighted by atomic mass is 10.1. The monoisotopic (exact) mass is 268 g/mol. The normalized spacial score (nSPS) is 10.3. The largest absolute Gasteiger partial charge is 0.325 e. The zero-order valence-electron chi connectivity index (χ0n) is 11.9. The van der Waals surface area contributed by atoms with E-state index in [4.69, 9.17) is 0 Å². The van der Waals surface area contributed by atoms with Gasteiger partial charge in [0.05, 0.1) is 6.54 Å². The standard InChI is InChI=1S/C17H20N2O/c1-13-7-9-16(10-8-13)19-17(20)12-18-11-15-6-4-3-5-14(15)2/h3-10,18H,11-12H2,1-2H3,(H,19,20). The van der Waals surface area contributed by atoms with Gasteiger partial charge in [-0.05, 0) is 37.1 Å². The molecule has 1 amide bonds. The highest BCUT2D eigenvalue weighted by atomic mass is 16.1. The molecule has 0 radical (unpaired) electrons. The lowest BCUT2D eigenvalue weighted by Crippen LogP contribution is -2.27. The number of amides is 1. The summed E-state index contributed by atoms with van der Waals surface area (Å²) in [7, 11) is 0. The van der Waals surface area contributed by atoms with Gasteiger partial charge < -0.3 is 10.6 Å². The molecule has 0 aliphatic heterocycles. The molecule has 0 heterocycles. The Balaban J connectivity index is 1.78. The average molecular weight is 268 g/mol. The molecule has 2 rings (SSSR count). The second kappa shape index (κ2) is 6.87. The Morgan fingerprint density at radius 2 is 1.70 bits per heavy atom. The third-order valence-corrected chi connectivity index (χ3v) is 3.20. The minimum atomic E-state index is -0.0255. The molecular weight excluding hydrogens is 248 g/mol. The lowest BCUT2D eigenvalue weighted by Gasteiger charge is -2.08. The van der Waals surface area contributed by atoms with Gasteiger partial charge in [0.2, 0.25) is 5.91 Å². The summed E-state index contributed by atoms with van der Waals surface area (Å²) in [6.07, 6.45) is 0. The predicted octanol–water partition coefficient (Wildman–Crippen LogP) is 3.03. The molecule has 3 nitrogen and oxygen atoms in total. The van der Waals surface area contributed by atoms with Crippen LogP contribution in [0, 0.1) is 13.8 Å². The van der Waals surface area contributed by atoms with Crippen LogP contribution in [0.1, 0.15) is 16.7 Å². The first-order chi connectivity index (χ1) is 9.65. The van der Waals surface area contributed by atoms with E-state index >= 15 is 0 Å². The molecule has 0 aliphatic rings. The van der Waals surface area contributed by atoms with Gasteiger partial charge in [-0.2, -0.15) is 0 Å². The van der Waals surface area contributed by atoms with E-state index in [2.05, 4.69) is 29.7 Å². The lowest BCUT2D eigenvalue weighted by molar-refractivity contribution is -0.115. The Hall–Kier alpha value is -2.13. The van der Waals surface area contributed by atoms with Gasteiger partial charge in [0, 0.05) is 12.2 Å². The first-order valence-corrected chi connectivity index (χ1v) is 6.77. The van der Waals surface area contributed by atoms with Crippen LogP contribution in [0.2, 0.25) is 0 Å². The van der Waals surface area contributed by atoms with E-state index in [9.17, 15) is 4.79 Å². The molecule has 3 heteroatoms. The number of nitrogens with one attached hydrogen (secondary N) is 2. The van der Waals surface area contributed by atoms with Crippen molar-refractivity contribution in [3.63, 3.8) is 0 Å². The third-order valence-electron chi connectivity index (χ3n) is 3.20. The number of carbonyl (C=O) groups excluding carboxylic acids is 1. The van der Waals surface area contributed by atoms with Gasteiger partial charge >= 0.3 is 0 Å². The molecular formula is C17H20N2O. The predicted molar refractivity (Wildman–Crippen MR) is 82.7 cm³/mol. The second-order valence-electron chi connectivity index (χ2n) is 4.94. The Kier molecular flexibility index (Phi) is 4.91. The summed E-state index contributed by atoms with van der Waals surface area (Å²) in [5.74, 6) is -0.0255. The van der Waals surface area contributed by atoms with Gasteiger partial charge in [0.25, 0.3) is 0 Å². The smallest absolute Gasteiger partial charge is 0.238 e. The van der Waals surface area contributed by atoms with E-state index in [0.29, 0.717) is 13.1 Å². The van der Waals surface area contributed by atoms with Crippen LogP contribution in [-0.2, 0) is 11.3 Å². The Labute approximate surface area is 120 Å². The summed E-state index contributed by atoms with van der Waals surface area (Å²) in [5.41, 5.74) is 4.47. The third kappa shape index (κ3) is 4.21. The molecule has 0 spiro atoms. The fourth-order valence-electron chi connectivity index (χ4n) is 1.96. The molecule has 2 aromatic carbocycles. The van der Waals surface area contributed by atoms with E-state index < -0.39 is 0 Å². The quantitative estimate of drug-likeness (QED) is 0.875. The summed E-state index contributed by atoms with van der Waals surface area (Å²) in [5, 5.41) is 6.03. The topological polar surface area (TPSA) is 41.1 Å². The molecule has 0 aromatic heterocycles. The number of hydrogen-bond donors (Lipinski definition) is 2. The molecule has 0 aliphatic carbocycles. The summed E-state index contributed by atoms with van der Waals surface area (Å²) >= 11 is 0. The zero-order valence-corrected chi connectivity index (χ0v) is 11.9. The van der Waals surface area contributed by atoms with E-state index in [0.717, 1.165) is 5.69 Å². The van der Waals surface area contributed by atoms with Crippen molar-refractivity contribution in [1.82, 2.24) is 5.32 Å². The van der Waals surface area contributed by atoms with E-state index in [1.54, 1.807) is 0 Å². The molecule has 0 fully saturated rings. The van der Waals surface area contributed by atoms with Crippen molar-refractivity contribution in [2.24, 2.45) is 0 Å². The molecule has 0 bridgehead atoms.